The molecule has 1 aromatic heterocycles. The second-order valence-corrected chi connectivity index (χ2v) is 4.75. The first-order valence-electron chi connectivity index (χ1n) is 6.49. The van der Waals surface area contributed by atoms with Crippen molar-refractivity contribution < 1.29 is 19.1 Å². The van der Waals surface area contributed by atoms with Gasteiger partial charge in [0.25, 0.3) is 5.91 Å². The first kappa shape index (κ1) is 14.8. The Morgan fingerprint density at radius 3 is 2.48 bits per heavy atom. The molecule has 0 aliphatic rings. The number of amides is 1. The van der Waals surface area contributed by atoms with Gasteiger partial charge < -0.3 is 14.8 Å². The first-order valence-corrected chi connectivity index (χ1v) is 6.49. The first-order chi connectivity index (χ1) is 10.0. The summed E-state index contributed by atoms with van der Waals surface area (Å²) in [4.78, 5) is 27.3. The molecule has 0 fully saturated rings. The second-order valence-electron chi connectivity index (χ2n) is 4.75. The van der Waals surface area contributed by atoms with E-state index in [1.807, 2.05) is 6.07 Å². The van der Waals surface area contributed by atoms with Gasteiger partial charge in [0, 0.05) is 0 Å². The maximum Gasteiger partial charge on any atom is 0.308 e. The molecule has 2 N–H and O–H groups in total. The topological polar surface area (TPSA) is 92.4 Å². The summed E-state index contributed by atoms with van der Waals surface area (Å²) in [6.07, 6.45) is 1.18. The van der Waals surface area contributed by atoms with Crippen LogP contribution < -0.4 is 5.32 Å². The zero-order valence-corrected chi connectivity index (χ0v) is 11.7. The number of hydrogen-bond donors (Lipinski definition) is 2. The van der Waals surface area contributed by atoms with Crippen LogP contribution in [0.4, 0.5) is 0 Å². The van der Waals surface area contributed by atoms with Gasteiger partial charge in [-0.15, -0.1) is 0 Å². The van der Waals surface area contributed by atoms with Crippen molar-refractivity contribution >= 4 is 11.9 Å². The molecule has 1 aromatic carbocycles. The molecule has 1 heterocycles. The number of carboxylic acids is 1. The normalized spacial score (nSPS) is 13.4. The summed E-state index contributed by atoms with van der Waals surface area (Å²) in [5, 5.41) is 11.9. The number of carbonyl (C=O) groups is 2. The number of carboxylic acid groups (broad SMARTS) is 1. The van der Waals surface area contributed by atoms with E-state index in [4.69, 9.17) is 4.42 Å². The van der Waals surface area contributed by atoms with Crippen molar-refractivity contribution in [3.63, 3.8) is 0 Å². The minimum atomic E-state index is -0.985. The number of hydrogen-bond acceptors (Lipinski definition) is 4. The van der Waals surface area contributed by atoms with Crippen molar-refractivity contribution in [3.05, 3.63) is 53.7 Å². The lowest BCUT2D eigenvalue weighted by Crippen LogP contribution is -2.36. The maximum absolute atomic E-state index is 12.2. The molecular weight excluding hydrogens is 272 g/mol. The lowest BCUT2D eigenvalue weighted by molar-refractivity contribution is -0.142. The lowest BCUT2D eigenvalue weighted by Gasteiger charge is -2.22. The number of oxazole rings is 1. The van der Waals surface area contributed by atoms with Crippen LogP contribution >= 0.6 is 0 Å². The highest BCUT2D eigenvalue weighted by Crippen LogP contribution is 2.23. The summed E-state index contributed by atoms with van der Waals surface area (Å²) < 4.78 is 4.99. The fraction of sp³-hybridized carbons (Fsp3) is 0.267. The minimum absolute atomic E-state index is 0.161. The Labute approximate surface area is 121 Å². The van der Waals surface area contributed by atoms with Crippen LogP contribution in [0, 0.1) is 12.8 Å². The van der Waals surface area contributed by atoms with Crippen molar-refractivity contribution in [2.45, 2.75) is 19.9 Å². The van der Waals surface area contributed by atoms with E-state index in [0.29, 0.717) is 5.76 Å². The van der Waals surface area contributed by atoms with Gasteiger partial charge in [-0.05, 0) is 19.4 Å². The summed E-state index contributed by atoms with van der Waals surface area (Å²) in [5.41, 5.74) is 0.885. The van der Waals surface area contributed by atoms with Gasteiger partial charge in [-0.3, -0.25) is 9.59 Å². The van der Waals surface area contributed by atoms with Gasteiger partial charge in [-0.25, -0.2) is 4.98 Å². The fourth-order valence-corrected chi connectivity index (χ4v) is 2.03. The Morgan fingerprint density at radius 2 is 1.95 bits per heavy atom. The molecule has 0 radical (unpaired) electrons. The lowest BCUT2D eigenvalue weighted by atomic mass is 9.94. The van der Waals surface area contributed by atoms with Crippen molar-refractivity contribution in [2.75, 3.05) is 0 Å². The van der Waals surface area contributed by atoms with E-state index in [1.165, 1.54) is 6.39 Å². The quantitative estimate of drug-likeness (QED) is 0.879. The van der Waals surface area contributed by atoms with Gasteiger partial charge in [0.05, 0.1) is 12.0 Å². The number of carbonyl (C=O) groups excluding carboxylic acids is 1. The van der Waals surface area contributed by atoms with E-state index in [9.17, 15) is 14.7 Å². The van der Waals surface area contributed by atoms with Crippen molar-refractivity contribution in [3.8, 4) is 0 Å². The number of nitrogens with one attached hydrogen (secondary N) is 1. The maximum atomic E-state index is 12.2. The molecule has 0 saturated heterocycles. The van der Waals surface area contributed by atoms with E-state index < -0.39 is 23.8 Å². The average molecular weight is 288 g/mol. The van der Waals surface area contributed by atoms with Crippen LogP contribution in [0.1, 0.15) is 34.8 Å². The van der Waals surface area contributed by atoms with E-state index in [2.05, 4.69) is 10.3 Å². The summed E-state index contributed by atoms with van der Waals surface area (Å²) in [6, 6.07) is 8.33. The zero-order chi connectivity index (χ0) is 15.4. The van der Waals surface area contributed by atoms with Crippen molar-refractivity contribution in [1.82, 2.24) is 10.3 Å². The number of nitrogens with zero attached hydrogens (tertiary/aromatic N) is 1. The van der Waals surface area contributed by atoms with Crippen LogP contribution in [0.15, 0.2) is 41.1 Å². The molecule has 0 spiro atoms. The molecule has 6 heteroatoms. The highest BCUT2D eigenvalue weighted by atomic mass is 16.4. The van der Waals surface area contributed by atoms with Gasteiger partial charge in [0.2, 0.25) is 0 Å². The zero-order valence-electron chi connectivity index (χ0n) is 11.7. The third-order valence-electron chi connectivity index (χ3n) is 3.29. The average Bonchev–Trinajstić information content (AvgIpc) is 2.91. The summed E-state index contributed by atoms with van der Waals surface area (Å²) >= 11 is 0. The van der Waals surface area contributed by atoms with Crippen LogP contribution in [0.25, 0.3) is 0 Å². The predicted octanol–water partition coefficient (Wildman–Crippen LogP) is 2.17. The molecule has 0 aliphatic heterocycles. The van der Waals surface area contributed by atoms with Gasteiger partial charge in [0.1, 0.15) is 5.76 Å². The fourth-order valence-electron chi connectivity index (χ4n) is 2.03. The highest BCUT2D eigenvalue weighted by Gasteiger charge is 2.28. The molecular formula is C15H16N2O4. The van der Waals surface area contributed by atoms with Gasteiger partial charge >= 0.3 is 5.97 Å². The molecule has 2 rings (SSSR count). The summed E-state index contributed by atoms with van der Waals surface area (Å²) in [7, 11) is 0. The Morgan fingerprint density at radius 1 is 1.29 bits per heavy atom. The predicted molar refractivity (Wildman–Crippen MR) is 74.7 cm³/mol. The van der Waals surface area contributed by atoms with Crippen LogP contribution in [-0.4, -0.2) is 22.0 Å². The molecule has 2 unspecified atom stereocenters. The smallest absolute Gasteiger partial charge is 0.308 e. The Hall–Kier alpha value is -2.63. The van der Waals surface area contributed by atoms with E-state index in [0.717, 1.165) is 5.56 Å². The number of aryl methyl sites for hydroxylation is 1. The van der Waals surface area contributed by atoms with Crippen molar-refractivity contribution in [1.29, 1.82) is 0 Å². The number of benzene rings is 1. The molecule has 2 aromatic rings. The highest BCUT2D eigenvalue weighted by molar-refractivity contribution is 5.93. The van der Waals surface area contributed by atoms with Crippen LogP contribution in [0.3, 0.4) is 0 Å². The number of aliphatic carboxylic acids is 1. The molecule has 110 valence electrons. The Balaban J connectivity index is 2.27. The van der Waals surface area contributed by atoms with Crippen LogP contribution in [0.2, 0.25) is 0 Å². The van der Waals surface area contributed by atoms with Gasteiger partial charge in [-0.2, -0.15) is 0 Å². The minimum Gasteiger partial charge on any atom is -0.481 e. The van der Waals surface area contributed by atoms with E-state index in [1.54, 1.807) is 38.1 Å². The van der Waals surface area contributed by atoms with Gasteiger partial charge in [0.15, 0.2) is 12.1 Å². The molecule has 0 aliphatic carbocycles. The Kier molecular flexibility index (Phi) is 4.37. The molecule has 6 nitrogen and oxygen atoms in total. The monoisotopic (exact) mass is 288 g/mol. The standard InChI is InChI=1S/C15H16N2O4/c1-9(15(19)20)12(11-6-4-3-5-7-11)17-14(18)13-10(2)21-8-16-13/h3-9,12H,1-2H3,(H,17,18)(H,19,20). The molecule has 0 saturated carbocycles. The van der Waals surface area contributed by atoms with Crippen LogP contribution in [0.5, 0.6) is 0 Å². The molecule has 21 heavy (non-hydrogen) atoms. The largest absolute Gasteiger partial charge is 0.481 e. The molecule has 2 atom stereocenters. The number of aromatic nitrogens is 1. The second kappa shape index (κ2) is 6.21. The number of rotatable bonds is 5. The van der Waals surface area contributed by atoms with E-state index >= 15 is 0 Å². The third kappa shape index (κ3) is 3.28. The third-order valence-corrected chi connectivity index (χ3v) is 3.29. The van der Waals surface area contributed by atoms with Gasteiger partial charge in [-0.1, -0.05) is 30.3 Å². The van der Waals surface area contributed by atoms with Crippen LogP contribution in [-0.2, 0) is 4.79 Å². The summed E-state index contributed by atoms with van der Waals surface area (Å²) in [5.74, 6) is -1.82. The van der Waals surface area contributed by atoms with Crippen molar-refractivity contribution in [2.24, 2.45) is 5.92 Å². The molecule has 1 amide bonds. The van der Waals surface area contributed by atoms with E-state index in [-0.39, 0.29) is 5.69 Å². The molecule has 0 bridgehead atoms. The summed E-state index contributed by atoms with van der Waals surface area (Å²) in [6.45, 7) is 3.18. The SMILES string of the molecule is Cc1ocnc1C(=O)NC(c1ccccc1)C(C)C(=O)O. The Bertz CT molecular complexity index is 636.